The maximum atomic E-state index is 12.0. The van der Waals surface area contributed by atoms with Gasteiger partial charge in [0.15, 0.2) is 5.78 Å². The molecule has 1 atom stereocenters. The Morgan fingerprint density at radius 2 is 2.29 bits per heavy atom. The average Bonchev–Trinajstić information content (AvgIpc) is 2.20. The number of thioether (sulfide) groups is 1. The Bertz CT molecular complexity index is 180. The largest absolute Gasteiger partial charge is 0.367 e. The van der Waals surface area contributed by atoms with Gasteiger partial charge in [-0.3, -0.25) is 4.79 Å². The summed E-state index contributed by atoms with van der Waals surface area (Å²) in [6.07, 6.45) is 3.63. The first-order valence-corrected chi connectivity index (χ1v) is 6.65. The summed E-state index contributed by atoms with van der Waals surface area (Å²) in [5, 5.41) is 0. The molecule has 0 amide bonds. The van der Waals surface area contributed by atoms with Gasteiger partial charge in [-0.15, -0.1) is 0 Å². The van der Waals surface area contributed by atoms with Crippen LogP contribution in [0.25, 0.3) is 0 Å². The normalized spacial score (nSPS) is 27.6. The molecule has 1 saturated heterocycles. The van der Waals surface area contributed by atoms with Gasteiger partial charge in [-0.05, 0) is 31.9 Å². The van der Waals surface area contributed by atoms with E-state index in [-0.39, 0.29) is 0 Å². The highest BCUT2D eigenvalue weighted by atomic mass is 32.2. The van der Waals surface area contributed by atoms with Gasteiger partial charge in [0.1, 0.15) is 5.60 Å². The van der Waals surface area contributed by atoms with Crippen LogP contribution in [0.4, 0.5) is 0 Å². The van der Waals surface area contributed by atoms with Crippen LogP contribution in [0.1, 0.15) is 39.5 Å². The van der Waals surface area contributed by atoms with E-state index in [2.05, 4.69) is 0 Å². The van der Waals surface area contributed by atoms with Gasteiger partial charge < -0.3 is 4.74 Å². The molecule has 1 aliphatic heterocycles. The molecule has 2 nitrogen and oxygen atoms in total. The van der Waals surface area contributed by atoms with Crippen LogP contribution < -0.4 is 0 Å². The Morgan fingerprint density at radius 3 is 2.79 bits per heavy atom. The number of hydrogen-bond donors (Lipinski definition) is 0. The fourth-order valence-corrected chi connectivity index (χ4v) is 3.13. The van der Waals surface area contributed by atoms with Crippen LogP contribution in [0.3, 0.4) is 0 Å². The SMILES string of the molecule is CCCC(=O)C1(OCC)CCCSC1. The molecule has 14 heavy (non-hydrogen) atoms. The number of hydrogen-bond acceptors (Lipinski definition) is 3. The Balaban J connectivity index is 2.63. The second-order valence-corrected chi connectivity index (χ2v) is 4.86. The first kappa shape index (κ1) is 12.1. The Kier molecular flexibility index (Phi) is 4.96. The number of Topliss-reactive ketones (excluding diaryl/α,β-unsaturated/α-hetero) is 1. The van der Waals surface area contributed by atoms with Crippen molar-refractivity contribution in [3.05, 3.63) is 0 Å². The van der Waals surface area contributed by atoms with Gasteiger partial charge in [-0.25, -0.2) is 0 Å². The van der Waals surface area contributed by atoms with Crippen LogP contribution in [0.15, 0.2) is 0 Å². The monoisotopic (exact) mass is 216 g/mol. The molecule has 1 aliphatic rings. The number of rotatable bonds is 5. The first-order chi connectivity index (χ1) is 6.75. The van der Waals surface area contributed by atoms with E-state index >= 15 is 0 Å². The van der Waals surface area contributed by atoms with Gasteiger partial charge in [0.05, 0.1) is 0 Å². The quantitative estimate of drug-likeness (QED) is 0.706. The van der Waals surface area contributed by atoms with Gasteiger partial charge in [-0.2, -0.15) is 11.8 Å². The Hall–Kier alpha value is -0.0200. The molecule has 1 fully saturated rings. The van der Waals surface area contributed by atoms with Crippen LogP contribution in [0.5, 0.6) is 0 Å². The molecule has 0 N–H and O–H groups in total. The van der Waals surface area contributed by atoms with Crippen molar-refractivity contribution in [3.8, 4) is 0 Å². The van der Waals surface area contributed by atoms with E-state index in [0.717, 1.165) is 25.0 Å². The maximum Gasteiger partial charge on any atom is 0.165 e. The van der Waals surface area contributed by atoms with E-state index in [0.29, 0.717) is 18.8 Å². The van der Waals surface area contributed by atoms with E-state index in [1.54, 1.807) is 0 Å². The molecule has 1 unspecified atom stereocenters. The fourth-order valence-electron chi connectivity index (χ4n) is 1.91. The van der Waals surface area contributed by atoms with Crippen LogP contribution in [-0.2, 0) is 9.53 Å². The van der Waals surface area contributed by atoms with Crippen molar-refractivity contribution in [1.29, 1.82) is 0 Å². The summed E-state index contributed by atoms with van der Waals surface area (Å²) in [5.41, 5.74) is -0.437. The summed E-state index contributed by atoms with van der Waals surface area (Å²) in [6.45, 7) is 4.67. The van der Waals surface area contributed by atoms with Crippen molar-refractivity contribution in [2.24, 2.45) is 0 Å². The van der Waals surface area contributed by atoms with Crippen molar-refractivity contribution >= 4 is 17.5 Å². The molecule has 0 aliphatic carbocycles. The van der Waals surface area contributed by atoms with Crippen LogP contribution in [-0.4, -0.2) is 29.5 Å². The zero-order valence-electron chi connectivity index (χ0n) is 9.17. The molecule has 82 valence electrons. The van der Waals surface area contributed by atoms with Gasteiger partial charge in [0, 0.05) is 18.8 Å². The van der Waals surface area contributed by atoms with Gasteiger partial charge in [0.25, 0.3) is 0 Å². The fraction of sp³-hybridized carbons (Fsp3) is 0.909. The van der Waals surface area contributed by atoms with Crippen LogP contribution in [0.2, 0.25) is 0 Å². The van der Waals surface area contributed by atoms with Gasteiger partial charge in [0.2, 0.25) is 0 Å². The van der Waals surface area contributed by atoms with E-state index in [1.165, 1.54) is 5.75 Å². The third kappa shape index (κ3) is 2.74. The van der Waals surface area contributed by atoms with E-state index in [9.17, 15) is 4.79 Å². The third-order valence-electron chi connectivity index (χ3n) is 2.61. The van der Waals surface area contributed by atoms with E-state index in [1.807, 2.05) is 25.6 Å². The minimum Gasteiger partial charge on any atom is -0.367 e. The van der Waals surface area contributed by atoms with Crippen molar-refractivity contribution in [2.45, 2.75) is 45.1 Å². The van der Waals surface area contributed by atoms with Gasteiger partial charge >= 0.3 is 0 Å². The second kappa shape index (κ2) is 5.76. The molecule has 0 aromatic rings. The molecule has 0 aromatic carbocycles. The average molecular weight is 216 g/mol. The molecule has 1 heterocycles. The number of carbonyl (C=O) groups excluding carboxylic acids is 1. The first-order valence-electron chi connectivity index (χ1n) is 5.50. The zero-order valence-corrected chi connectivity index (χ0v) is 9.99. The Morgan fingerprint density at radius 1 is 1.50 bits per heavy atom. The number of carbonyl (C=O) groups is 1. The lowest BCUT2D eigenvalue weighted by molar-refractivity contribution is -0.142. The Labute approximate surface area is 90.8 Å². The lowest BCUT2D eigenvalue weighted by atomic mass is 9.91. The lowest BCUT2D eigenvalue weighted by Crippen LogP contribution is -2.46. The van der Waals surface area contributed by atoms with Gasteiger partial charge in [-0.1, -0.05) is 6.92 Å². The highest BCUT2D eigenvalue weighted by Gasteiger charge is 2.39. The summed E-state index contributed by atoms with van der Waals surface area (Å²) in [6, 6.07) is 0. The molecule has 0 bridgehead atoms. The highest BCUT2D eigenvalue weighted by molar-refractivity contribution is 7.99. The lowest BCUT2D eigenvalue weighted by Gasteiger charge is -2.35. The highest BCUT2D eigenvalue weighted by Crippen LogP contribution is 2.32. The van der Waals surface area contributed by atoms with Crippen molar-refractivity contribution in [2.75, 3.05) is 18.1 Å². The topological polar surface area (TPSA) is 26.3 Å². The van der Waals surface area contributed by atoms with Crippen molar-refractivity contribution in [1.82, 2.24) is 0 Å². The third-order valence-corrected chi connectivity index (χ3v) is 3.86. The molecule has 0 spiro atoms. The second-order valence-electron chi connectivity index (χ2n) is 3.76. The summed E-state index contributed by atoms with van der Waals surface area (Å²) in [4.78, 5) is 12.0. The zero-order chi connectivity index (χ0) is 10.4. The standard InChI is InChI=1S/C11H20O2S/c1-3-6-10(12)11(13-4-2)7-5-8-14-9-11/h3-9H2,1-2H3. The van der Waals surface area contributed by atoms with Crippen molar-refractivity contribution in [3.63, 3.8) is 0 Å². The molecular formula is C11H20O2S. The smallest absolute Gasteiger partial charge is 0.165 e. The minimum atomic E-state index is -0.437. The van der Waals surface area contributed by atoms with Crippen LogP contribution in [0, 0.1) is 0 Å². The van der Waals surface area contributed by atoms with Crippen molar-refractivity contribution < 1.29 is 9.53 Å². The summed E-state index contributed by atoms with van der Waals surface area (Å²) < 4.78 is 5.71. The minimum absolute atomic E-state index is 0.314. The molecule has 0 aromatic heterocycles. The summed E-state index contributed by atoms with van der Waals surface area (Å²) in [5.74, 6) is 2.35. The predicted octanol–water partition coefficient (Wildman–Crippen LogP) is 2.66. The number of ether oxygens (including phenoxy) is 1. The molecule has 0 radical (unpaired) electrons. The van der Waals surface area contributed by atoms with Crippen LogP contribution >= 0.6 is 11.8 Å². The van der Waals surface area contributed by atoms with E-state index < -0.39 is 5.60 Å². The molecule has 0 saturated carbocycles. The maximum absolute atomic E-state index is 12.0. The molecule has 3 heteroatoms. The predicted molar refractivity (Wildman–Crippen MR) is 60.8 cm³/mol. The summed E-state index contributed by atoms with van der Waals surface area (Å²) in [7, 11) is 0. The molecule has 1 rings (SSSR count). The summed E-state index contributed by atoms with van der Waals surface area (Å²) >= 11 is 1.85. The van der Waals surface area contributed by atoms with E-state index in [4.69, 9.17) is 4.74 Å². The number of ketones is 1. The molecular weight excluding hydrogens is 196 g/mol.